The van der Waals surface area contributed by atoms with Gasteiger partial charge in [-0.25, -0.2) is 8.78 Å². The molecule has 0 aliphatic rings. The van der Waals surface area contributed by atoms with Crippen molar-refractivity contribution in [2.75, 3.05) is 10.7 Å². The zero-order valence-corrected chi connectivity index (χ0v) is 12.2. The molecule has 0 aliphatic heterocycles. The van der Waals surface area contributed by atoms with Gasteiger partial charge in [-0.05, 0) is 29.9 Å². The monoisotopic (exact) mass is 354 g/mol. The van der Waals surface area contributed by atoms with Crippen molar-refractivity contribution in [1.82, 2.24) is 0 Å². The third-order valence-electron chi connectivity index (χ3n) is 2.90. The molecule has 0 heterocycles. The molecule has 0 aliphatic carbocycles. The molecule has 16 heavy (non-hydrogen) atoms. The zero-order chi connectivity index (χ0) is 12.2. The van der Waals surface area contributed by atoms with Crippen LogP contribution >= 0.6 is 31.9 Å². The van der Waals surface area contributed by atoms with Gasteiger partial charge in [-0.2, -0.15) is 0 Å². The summed E-state index contributed by atoms with van der Waals surface area (Å²) in [5.74, 6) is -0.985. The van der Waals surface area contributed by atoms with Gasteiger partial charge in [0.15, 0.2) is 0 Å². The molecule has 0 N–H and O–H groups in total. The Labute approximate surface area is 112 Å². The second-order valence-corrected chi connectivity index (χ2v) is 5.15. The standard InChI is InChI=1S/C12H14Br2F2/c1-2-12(7-13,8-14)6-9-3-4-10(15)5-11(9)16/h3-5H,2,6-8H2,1H3. The Morgan fingerprint density at radius 2 is 1.81 bits per heavy atom. The number of halogens is 4. The predicted molar refractivity (Wildman–Crippen MR) is 70.4 cm³/mol. The second-order valence-electron chi connectivity index (χ2n) is 4.03. The van der Waals surface area contributed by atoms with Crippen LogP contribution in [0.4, 0.5) is 8.78 Å². The summed E-state index contributed by atoms with van der Waals surface area (Å²) >= 11 is 6.93. The molecule has 0 aromatic heterocycles. The van der Waals surface area contributed by atoms with Crippen LogP contribution < -0.4 is 0 Å². The molecule has 0 saturated heterocycles. The van der Waals surface area contributed by atoms with E-state index >= 15 is 0 Å². The summed E-state index contributed by atoms with van der Waals surface area (Å²) in [7, 11) is 0. The van der Waals surface area contributed by atoms with Gasteiger partial charge in [0.1, 0.15) is 11.6 Å². The summed E-state index contributed by atoms with van der Waals surface area (Å²) in [5.41, 5.74) is 0.556. The fourth-order valence-electron chi connectivity index (χ4n) is 1.51. The second kappa shape index (κ2) is 6.10. The van der Waals surface area contributed by atoms with Crippen molar-refractivity contribution < 1.29 is 8.78 Å². The first kappa shape index (κ1) is 14.1. The SMILES string of the molecule is CCC(CBr)(CBr)Cc1ccc(F)cc1F. The van der Waals surface area contributed by atoms with Crippen molar-refractivity contribution in [3.8, 4) is 0 Å². The Kier molecular flexibility index (Phi) is 5.38. The average Bonchev–Trinajstić information content (AvgIpc) is 2.29. The molecular weight excluding hydrogens is 342 g/mol. The molecule has 0 atom stereocenters. The summed E-state index contributed by atoms with van der Waals surface area (Å²) in [6.07, 6.45) is 1.53. The molecule has 0 unspecified atom stereocenters. The molecule has 0 nitrogen and oxygen atoms in total. The lowest BCUT2D eigenvalue weighted by Crippen LogP contribution is -2.27. The molecule has 4 heteroatoms. The molecule has 1 aromatic rings. The van der Waals surface area contributed by atoms with E-state index in [1.165, 1.54) is 12.1 Å². The molecule has 0 bridgehead atoms. The molecule has 0 fully saturated rings. The fraction of sp³-hybridized carbons (Fsp3) is 0.500. The molecule has 0 spiro atoms. The van der Waals surface area contributed by atoms with Crippen LogP contribution in [0.2, 0.25) is 0 Å². The maximum atomic E-state index is 13.5. The normalized spacial score (nSPS) is 11.8. The lowest BCUT2D eigenvalue weighted by Gasteiger charge is -2.28. The Bertz CT molecular complexity index is 341. The van der Waals surface area contributed by atoms with Gasteiger partial charge in [0.25, 0.3) is 0 Å². The van der Waals surface area contributed by atoms with Gasteiger partial charge in [-0.3, -0.25) is 0 Å². The molecule has 90 valence electrons. The lowest BCUT2D eigenvalue weighted by atomic mass is 9.83. The van der Waals surface area contributed by atoms with Crippen molar-refractivity contribution in [3.05, 3.63) is 35.4 Å². The van der Waals surface area contributed by atoms with E-state index < -0.39 is 11.6 Å². The van der Waals surface area contributed by atoms with Crippen molar-refractivity contribution in [1.29, 1.82) is 0 Å². The van der Waals surface area contributed by atoms with Crippen LogP contribution in [0.15, 0.2) is 18.2 Å². The zero-order valence-electron chi connectivity index (χ0n) is 9.07. The molecule has 0 saturated carbocycles. The summed E-state index contributed by atoms with van der Waals surface area (Å²) in [4.78, 5) is 0. The smallest absolute Gasteiger partial charge is 0.129 e. The van der Waals surface area contributed by atoms with Gasteiger partial charge >= 0.3 is 0 Å². The number of hydrogen-bond donors (Lipinski definition) is 0. The summed E-state index contributed by atoms with van der Waals surface area (Å²) in [5, 5.41) is 1.58. The van der Waals surface area contributed by atoms with Gasteiger partial charge in [-0.1, -0.05) is 44.8 Å². The molecule has 0 radical (unpaired) electrons. The third-order valence-corrected chi connectivity index (χ3v) is 5.28. The minimum Gasteiger partial charge on any atom is -0.207 e. The largest absolute Gasteiger partial charge is 0.207 e. The van der Waals surface area contributed by atoms with Crippen molar-refractivity contribution in [2.24, 2.45) is 5.41 Å². The van der Waals surface area contributed by atoms with Crippen molar-refractivity contribution in [3.63, 3.8) is 0 Å². The van der Waals surface area contributed by atoms with E-state index in [2.05, 4.69) is 38.8 Å². The van der Waals surface area contributed by atoms with Crippen LogP contribution in [-0.2, 0) is 6.42 Å². The highest BCUT2D eigenvalue weighted by Gasteiger charge is 2.27. The van der Waals surface area contributed by atoms with E-state index in [0.717, 1.165) is 23.1 Å². The van der Waals surface area contributed by atoms with E-state index in [9.17, 15) is 8.78 Å². The van der Waals surface area contributed by atoms with E-state index in [1.807, 2.05) is 0 Å². The summed E-state index contributed by atoms with van der Waals surface area (Å²) in [6, 6.07) is 3.78. The minimum atomic E-state index is -0.527. The maximum Gasteiger partial charge on any atom is 0.129 e. The van der Waals surface area contributed by atoms with Gasteiger partial charge in [-0.15, -0.1) is 0 Å². The highest BCUT2D eigenvalue weighted by atomic mass is 79.9. The predicted octanol–water partition coefficient (Wildman–Crippen LogP) is 4.69. The van der Waals surface area contributed by atoms with Gasteiger partial charge in [0.05, 0.1) is 0 Å². The van der Waals surface area contributed by atoms with E-state index in [1.54, 1.807) is 0 Å². The molecular formula is C12H14Br2F2. The van der Waals surface area contributed by atoms with Crippen LogP contribution in [0.25, 0.3) is 0 Å². The highest BCUT2D eigenvalue weighted by Crippen LogP contribution is 2.32. The Morgan fingerprint density at radius 3 is 2.25 bits per heavy atom. The average molecular weight is 356 g/mol. The first-order chi connectivity index (χ1) is 7.56. The first-order valence-corrected chi connectivity index (χ1v) is 7.37. The van der Waals surface area contributed by atoms with E-state index in [0.29, 0.717) is 12.0 Å². The van der Waals surface area contributed by atoms with Gasteiger partial charge in [0, 0.05) is 16.7 Å². The lowest BCUT2D eigenvalue weighted by molar-refractivity contribution is 0.366. The Morgan fingerprint density at radius 1 is 1.19 bits per heavy atom. The van der Waals surface area contributed by atoms with E-state index in [-0.39, 0.29) is 5.41 Å². The third kappa shape index (κ3) is 3.27. The number of hydrogen-bond acceptors (Lipinski definition) is 0. The van der Waals surface area contributed by atoms with Crippen LogP contribution in [0.5, 0.6) is 0 Å². The molecule has 0 amide bonds. The number of benzene rings is 1. The summed E-state index contributed by atoms with van der Waals surface area (Å²) in [6.45, 7) is 2.07. The van der Waals surface area contributed by atoms with Crippen LogP contribution in [0.1, 0.15) is 18.9 Å². The number of alkyl halides is 2. The fourth-order valence-corrected chi connectivity index (χ4v) is 3.63. The van der Waals surface area contributed by atoms with E-state index in [4.69, 9.17) is 0 Å². The van der Waals surface area contributed by atoms with Crippen LogP contribution in [0.3, 0.4) is 0 Å². The van der Waals surface area contributed by atoms with Crippen molar-refractivity contribution in [2.45, 2.75) is 19.8 Å². The van der Waals surface area contributed by atoms with Gasteiger partial charge in [0.2, 0.25) is 0 Å². The minimum absolute atomic E-state index is 0.0152. The van der Waals surface area contributed by atoms with Gasteiger partial charge < -0.3 is 0 Å². The highest BCUT2D eigenvalue weighted by molar-refractivity contribution is 9.09. The quantitative estimate of drug-likeness (QED) is 0.672. The van der Waals surface area contributed by atoms with Crippen LogP contribution in [-0.4, -0.2) is 10.7 Å². The van der Waals surface area contributed by atoms with Crippen LogP contribution in [0, 0.1) is 17.0 Å². The first-order valence-electron chi connectivity index (χ1n) is 5.13. The number of rotatable bonds is 5. The topological polar surface area (TPSA) is 0 Å². The Balaban J connectivity index is 2.93. The van der Waals surface area contributed by atoms with Crippen molar-refractivity contribution >= 4 is 31.9 Å². The summed E-state index contributed by atoms with van der Waals surface area (Å²) < 4.78 is 26.3. The maximum absolute atomic E-state index is 13.5. The Hall–Kier alpha value is 0.0400. The molecule has 1 rings (SSSR count). The molecule has 1 aromatic carbocycles.